The van der Waals surface area contributed by atoms with Crippen molar-refractivity contribution in [3.8, 4) is 0 Å². The minimum absolute atomic E-state index is 0.129. The van der Waals surface area contributed by atoms with Gasteiger partial charge in [-0.15, -0.1) is 0 Å². The topological polar surface area (TPSA) is 93.1 Å². The van der Waals surface area contributed by atoms with E-state index in [1.807, 2.05) is 0 Å². The zero-order valence-electron chi connectivity index (χ0n) is 26.5. The van der Waals surface area contributed by atoms with E-state index in [-0.39, 0.29) is 32.3 Å². The number of aliphatic hydroxyl groups excluding tert-OH is 2. The first-order valence-corrected chi connectivity index (χ1v) is 16.6. The Bertz CT molecular complexity index is 801. The Hall–Kier alpha value is -1.66. The number of rotatable bonds is 19. The van der Waals surface area contributed by atoms with E-state index in [0.717, 1.165) is 43.4 Å². The van der Waals surface area contributed by atoms with Gasteiger partial charge in [0.15, 0.2) is 0 Å². The molecule has 41 heavy (non-hydrogen) atoms. The second-order valence-corrected chi connectivity index (χ2v) is 13.3. The van der Waals surface area contributed by atoms with Crippen molar-refractivity contribution in [2.75, 3.05) is 26.4 Å². The lowest BCUT2D eigenvalue weighted by Crippen LogP contribution is -2.43. The number of carbonyl (C=O) groups is 2. The van der Waals surface area contributed by atoms with Crippen molar-refractivity contribution in [3.63, 3.8) is 0 Å². The SMILES string of the molecule is C=C(C)C(=O)OCC(CCC)(COC(=O)C(=C)CCC(CO)CO)C1CCC(C2CCC(CCCCC)CC2)CC1. The van der Waals surface area contributed by atoms with E-state index in [4.69, 9.17) is 9.47 Å². The molecule has 2 saturated carbocycles. The molecule has 0 amide bonds. The van der Waals surface area contributed by atoms with Crippen molar-refractivity contribution in [1.82, 2.24) is 0 Å². The molecule has 0 heterocycles. The lowest BCUT2D eigenvalue weighted by molar-refractivity contribution is -0.154. The third-order valence-electron chi connectivity index (χ3n) is 10.1. The molecule has 2 aliphatic rings. The van der Waals surface area contributed by atoms with E-state index >= 15 is 0 Å². The zero-order chi connectivity index (χ0) is 30.3. The summed E-state index contributed by atoms with van der Waals surface area (Å²) in [5.41, 5.74) is 0.281. The molecule has 1 unspecified atom stereocenters. The average molecular weight is 577 g/mol. The molecule has 2 aliphatic carbocycles. The van der Waals surface area contributed by atoms with Crippen molar-refractivity contribution in [2.24, 2.45) is 35.0 Å². The maximum Gasteiger partial charge on any atom is 0.333 e. The van der Waals surface area contributed by atoms with Gasteiger partial charge in [0.1, 0.15) is 13.2 Å². The summed E-state index contributed by atoms with van der Waals surface area (Å²) in [4.78, 5) is 25.3. The minimum Gasteiger partial charge on any atom is -0.462 e. The summed E-state index contributed by atoms with van der Waals surface area (Å²) in [6, 6.07) is 0. The van der Waals surface area contributed by atoms with E-state index in [2.05, 4.69) is 27.0 Å². The van der Waals surface area contributed by atoms with Crippen LogP contribution in [-0.4, -0.2) is 48.6 Å². The van der Waals surface area contributed by atoms with Gasteiger partial charge in [-0.1, -0.05) is 72.0 Å². The predicted octanol–water partition coefficient (Wildman–Crippen LogP) is 7.57. The molecule has 0 aromatic heterocycles. The molecule has 0 radical (unpaired) electrons. The summed E-state index contributed by atoms with van der Waals surface area (Å²) in [5, 5.41) is 18.7. The molecule has 2 N–H and O–H groups in total. The summed E-state index contributed by atoms with van der Waals surface area (Å²) < 4.78 is 11.6. The molecular weight excluding hydrogens is 516 g/mol. The van der Waals surface area contributed by atoms with Crippen LogP contribution in [0, 0.1) is 35.0 Å². The molecule has 0 aromatic rings. The Kier molecular flexibility index (Phi) is 16.3. The van der Waals surface area contributed by atoms with Crippen molar-refractivity contribution in [1.29, 1.82) is 0 Å². The van der Waals surface area contributed by atoms with Crippen LogP contribution in [0.15, 0.2) is 24.3 Å². The molecule has 0 aliphatic heterocycles. The number of aliphatic hydroxyl groups is 2. The van der Waals surface area contributed by atoms with Gasteiger partial charge < -0.3 is 19.7 Å². The maximum absolute atomic E-state index is 12.9. The molecule has 6 nitrogen and oxygen atoms in total. The van der Waals surface area contributed by atoms with E-state index in [9.17, 15) is 19.8 Å². The van der Waals surface area contributed by atoms with Crippen LogP contribution in [0.3, 0.4) is 0 Å². The molecule has 0 aromatic carbocycles. The fourth-order valence-corrected chi connectivity index (χ4v) is 7.32. The second-order valence-electron chi connectivity index (χ2n) is 13.3. The third kappa shape index (κ3) is 11.5. The summed E-state index contributed by atoms with van der Waals surface area (Å²) >= 11 is 0. The Morgan fingerprint density at radius 1 is 0.829 bits per heavy atom. The van der Waals surface area contributed by atoms with Gasteiger partial charge in [0.05, 0.1) is 0 Å². The van der Waals surface area contributed by atoms with Gasteiger partial charge in [0.2, 0.25) is 0 Å². The fourth-order valence-electron chi connectivity index (χ4n) is 7.32. The largest absolute Gasteiger partial charge is 0.462 e. The summed E-state index contributed by atoms with van der Waals surface area (Å²) in [6.07, 6.45) is 18.1. The summed E-state index contributed by atoms with van der Waals surface area (Å²) in [5.74, 6) is 1.73. The Labute approximate surface area is 250 Å². The number of carbonyl (C=O) groups excluding carboxylic acids is 2. The Balaban J connectivity index is 2.02. The van der Waals surface area contributed by atoms with Gasteiger partial charge in [-0.05, 0) is 88.4 Å². The highest BCUT2D eigenvalue weighted by Gasteiger charge is 2.43. The molecule has 2 rings (SSSR count). The molecule has 6 heteroatoms. The molecule has 0 bridgehead atoms. The van der Waals surface area contributed by atoms with Crippen LogP contribution < -0.4 is 0 Å². The van der Waals surface area contributed by atoms with E-state index in [1.54, 1.807) is 6.92 Å². The van der Waals surface area contributed by atoms with E-state index < -0.39 is 17.4 Å². The van der Waals surface area contributed by atoms with Crippen molar-refractivity contribution in [2.45, 2.75) is 124 Å². The van der Waals surface area contributed by atoms with Crippen LogP contribution in [0.25, 0.3) is 0 Å². The molecule has 0 spiro atoms. The van der Waals surface area contributed by atoms with Gasteiger partial charge in [-0.3, -0.25) is 0 Å². The molecule has 2 fully saturated rings. The van der Waals surface area contributed by atoms with Crippen LogP contribution in [0.4, 0.5) is 0 Å². The maximum atomic E-state index is 12.9. The number of hydrogen-bond donors (Lipinski definition) is 2. The monoisotopic (exact) mass is 576 g/mol. The standard InChI is InChI=1S/C35H60O6/c1-6-8-9-10-28-13-15-30(16-14-28)31-17-19-32(20-18-31)35(21-7-2,24-40-33(38)26(3)4)25-41-34(39)27(5)11-12-29(22-36)23-37/h28-32,36-37H,3,5-25H2,1-2,4H3. The first-order chi connectivity index (χ1) is 19.7. The van der Waals surface area contributed by atoms with Gasteiger partial charge in [0.25, 0.3) is 0 Å². The van der Waals surface area contributed by atoms with Crippen molar-refractivity contribution in [3.05, 3.63) is 24.3 Å². The second kappa shape index (κ2) is 18.8. The Morgan fingerprint density at radius 2 is 1.39 bits per heavy atom. The normalized spacial score (nSPS) is 24.4. The summed E-state index contributed by atoms with van der Waals surface area (Å²) in [7, 11) is 0. The van der Waals surface area contributed by atoms with Crippen LogP contribution >= 0.6 is 0 Å². The smallest absolute Gasteiger partial charge is 0.333 e. The highest BCUT2D eigenvalue weighted by molar-refractivity contribution is 5.88. The van der Waals surface area contributed by atoms with Crippen LogP contribution in [-0.2, 0) is 19.1 Å². The van der Waals surface area contributed by atoms with E-state index in [1.165, 1.54) is 64.2 Å². The first kappa shape index (κ1) is 35.5. The van der Waals surface area contributed by atoms with Crippen LogP contribution in [0.2, 0.25) is 0 Å². The van der Waals surface area contributed by atoms with Gasteiger partial charge in [-0.25, -0.2) is 9.59 Å². The van der Waals surface area contributed by atoms with Gasteiger partial charge in [0, 0.05) is 35.7 Å². The average Bonchev–Trinajstić information content (AvgIpc) is 2.99. The fraction of sp³-hybridized carbons (Fsp3) is 0.829. The number of esters is 2. The van der Waals surface area contributed by atoms with Gasteiger partial charge >= 0.3 is 11.9 Å². The van der Waals surface area contributed by atoms with Gasteiger partial charge in [-0.2, -0.15) is 0 Å². The molecule has 1 atom stereocenters. The predicted molar refractivity (Wildman–Crippen MR) is 165 cm³/mol. The molecular formula is C35H60O6. The van der Waals surface area contributed by atoms with Crippen molar-refractivity contribution >= 4 is 11.9 Å². The van der Waals surface area contributed by atoms with Crippen molar-refractivity contribution < 1.29 is 29.3 Å². The number of hydrogen-bond acceptors (Lipinski definition) is 6. The lowest BCUT2D eigenvalue weighted by atomic mass is 9.62. The number of ether oxygens (including phenoxy) is 2. The zero-order valence-corrected chi connectivity index (χ0v) is 26.5. The first-order valence-electron chi connectivity index (χ1n) is 16.6. The highest BCUT2D eigenvalue weighted by atomic mass is 16.5. The minimum atomic E-state index is -0.448. The third-order valence-corrected chi connectivity index (χ3v) is 10.1. The number of unbranched alkanes of at least 4 members (excludes halogenated alkanes) is 2. The quantitative estimate of drug-likeness (QED) is 0.0936. The van der Waals surface area contributed by atoms with Crippen LogP contribution in [0.1, 0.15) is 124 Å². The van der Waals surface area contributed by atoms with Crippen LogP contribution in [0.5, 0.6) is 0 Å². The molecule has 0 saturated heterocycles. The molecule has 236 valence electrons. The summed E-state index contributed by atoms with van der Waals surface area (Å²) in [6.45, 7) is 13.9. The Morgan fingerprint density at radius 3 is 1.90 bits per heavy atom. The highest BCUT2D eigenvalue weighted by Crippen LogP contribution is 2.48. The lowest BCUT2D eigenvalue weighted by Gasteiger charge is -2.45. The van der Waals surface area contributed by atoms with E-state index in [0.29, 0.717) is 29.9 Å².